The molecule has 1 rings (SSSR count). The van der Waals surface area contributed by atoms with Gasteiger partial charge in [-0.25, -0.2) is 4.79 Å². The average molecular weight is 243 g/mol. The van der Waals surface area contributed by atoms with E-state index in [-0.39, 0.29) is 11.3 Å². The van der Waals surface area contributed by atoms with Gasteiger partial charge < -0.3 is 10.0 Å². The molecule has 0 aromatic heterocycles. The maximum absolute atomic E-state index is 11.9. The topological polar surface area (TPSA) is 57.6 Å². The summed E-state index contributed by atoms with van der Waals surface area (Å²) in [5.41, 5.74) is 0.890. The highest BCUT2D eigenvalue weighted by atomic mass is 32.2. The van der Waals surface area contributed by atoms with Gasteiger partial charge in [0.25, 0.3) is 0 Å². The summed E-state index contributed by atoms with van der Waals surface area (Å²) < 4.78 is 0. The molecule has 1 fully saturated rings. The molecule has 0 saturated carbocycles. The van der Waals surface area contributed by atoms with E-state index in [2.05, 4.69) is 0 Å². The number of rotatable bonds is 3. The predicted octanol–water partition coefficient (Wildman–Crippen LogP) is 1.72. The van der Waals surface area contributed by atoms with Crippen molar-refractivity contribution >= 4 is 23.6 Å². The summed E-state index contributed by atoms with van der Waals surface area (Å²) in [4.78, 5) is 24.4. The van der Waals surface area contributed by atoms with Crippen LogP contribution in [0.3, 0.4) is 0 Å². The molecular formula is C11H17NO3S. The molecule has 16 heavy (non-hydrogen) atoms. The number of carbonyl (C=O) groups is 2. The van der Waals surface area contributed by atoms with Gasteiger partial charge in [0.1, 0.15) is 6.04 Å². The number of hydrogen-bond acceptors (Lipinski definition) is 3. The van der Waals surface area contributed by atoms with Crippen molar-refractivity contribution in [3.63, 3.8) is 0 Å². The number of amides is 1. The van der Waals surface area contributed by atoms with Gasteiger partial charge in [-0.05, 0) is 20.3 Å². The van der Waals surface area contributed by atoms with Crippen LogP contribution >= 0.6 is 11.8 Å². The Balaban J connectivity index is 2.90. The molecule has 1 N–H and O–H groups in total. The van der Waals surface area contributed by atoms with Gasteiger partial charge in [-0.3, -0.25) is 4.79 Å². The van der Waals surface area contributed by atoms with Crippen LogP contribution in [-0.2, 0) is 9.59 Å². The number of thioether (sulfide) groups is 1. The van der Waals surface area contributed by atoms with Crippen LogP contribution < -0.4 is 0 Å². The minimum atomic E-state index is -0.918. The third-order valence-corrected chi connectivity index (χ3v) is 3.85. The standard InChI is InChI=1S/C11H17NO3S/c1-4-10-12(9(13)5-7(2)3)8(6-16-10)11(14)15/h5,8,10H,4,6H2,1-3H3,(H,14,15). The molecule has 1 saturated heterocycles. The second-order valence-electron chi connectivity index (χ2n) is 4.02. The summed E-state index contributed by atoms with van der Waals surface area (Å²) >= 11 is 1.54. The van der Waals surface area contributed by atoms with Gasteiger partial charge in [0.05, 0.1) is 5.37 Å². The maximum atomic E-state index is 11.9. The Morgan fingerprint density at radius 1 is 1.50 bits per heavy atom. The average Bonchev–Trinajstić information content (AvgIpc) is 2.59. The third kappa shape index (κ3) is 2.78. The van der Waals surface area contributed by atoms with Crippen molar-refractivity contribution < 1.29 is 14.7 Å². The molecule has 1 heterocycles. The van der Waals surface area contributed by atoms with E-state index in [1.165, 1.54) is 22.7 Å². The number of hydrogen-bond donors (Lipinski definition) is 1. The Bertz CT molecular complexity index is 323. The van der Waals surface area contributed by atoms with Crippen molar-refractivity contribution in [3.05, 3.63) is 11.6 Å². The van der Waals surface area contributed by atoms with Crippen LogP contribution in [-0.4, -0.2) is 39.1 Å². The summed E-state index contributed by atoms with van der Waals surface area (Å²) in [5.74, 6) is -0.626. The number of nitrogens with zero attached hydrogens (tertiary/aromatic N) is 1. The minimum absolute atomic E-state index is 0.0100. The number of carbonyl (C=O) groups excluding carboxylic acids is 1. The lowest BCUT2D eigenvalue weighted by Gasteiger charge is -2.25. The number of carboxylic acid groups (broad SMARTS) is 1. The predicted molar refractivity (Wildman–Crippen MR) is 64.2 cm³/mol. The van der Waals surface area contributed by atoms with Crippen molar-refractivity contribution in [1.29, 1.82) is 0 Å². The van der Waals surface area contributed by atoms with E-state index < -0.39 is 12.0 Å². The number of carboxylic acids is 1. The maximum Gasteiger partial charge on any atom is 0.327 e. The lowest BCUT2D eigenvalue weighted by molar-refractivity contribution is -0.147. The largest absolute Gasteiger partial charge is 0.480 e. The van der Waals surface area contributed by atoms with Crippen molar-refractivity contribution in [2.24, 2.45) is 0 Å². The zero-order valence-electron chi connectivity index (χ0n) is 9.77. The Hall–Kier alpha value is -0.970. The Morgan fingerprint density at radius 3 is 2.56 bits per heavy atom. The monoisotopic (exact) mass is 243 g/mol. The lowest BCUT2D eigenvalue weighted by Crippen LogP contribution is -2.44. The quantitative estimate of drug-likeness (QED) is 0.767. The Labute approximate surface area is 99.7 Å². The molecule has 1 amide bonds. The van der Waals surface area contributed by atoms with Crippen molar-refractivity contribution in [2.45, 2.75) is 38.6 Å². The molecular weight excluding hydrogens is 226 g/mol. The van der Waals surface area contributed by atoms with Gasteiger partial charge in [-0.15, -0.1) is 11.8 Å². The first-order valence-corrected chi connectivity index (χ1v) is 6.33. The van der Waals surface area contributed by atoms with Crippen LogP contribution in [0.2, 0.25) is 0 Å². The molecule has 1 aliphatic rings. The third-order valence-electron chi connectivity index (χ3n) is 2.39. The Morgan fingerprint density at radius 2 is 2.12 bits per heavy atom. The van der Waals surface area contributed by atoms with E-state index in [1.54, 1.807) is 0 Å². The molecule has 90 valence electrons. The van der Waals surface area contributed by atoms with E-state index >= 15 is 0 Å². The first-order chi connectivity index (χ1) is 7.47. The summed E-state index contributed by atoms with van der Waals surface area (Å²) in [6, 6.07) is -0.682. The molecule has 0 bridgehead atoms. The first-order valence-electron chi connectivity index (χ1n) is 5.29. The SMILES string of the molecule is CCC1SCC(C(=O)O)N1C(=O)C=C(C)C. The zero-order chi connectivity index (χ0) is 12.3. The van der Waals surface area contributed by atoms with Crippen LogP contribution in [0.5, 0.6) is 0 Å². The molecule has 4 nitrogen and oxygen atoms in total. The summed E-state index contributed by atoms with van der Waals surface area (Å²) in [7, 11) is 0. The van der Waals surface area contributed by atoms with Crippen LogP contribution in [0.1, 0.15) is 27.2 Å². The van der Waals surface area contributed by atoms with E-state index in [0.717, 1.165) is 12.0 Å². The normalized spacial score (nSPS) is 24.3. The van der Waals surface area contributed by atoms with Gasteiger partial charge in [-0.1, -0.05) is 12.5 Å². The molecule has 1 aliphatic heterocycles. The summed E-state index contributed by atoms with van der Waals surface area (Å²) in [6.07, 6.45) is 2.28. The molecule has 0 spiro atoms. The molecule has 0 aromatic rings. The molecule has 0 aliphatic carbocycles. The second kappa shape index (κ2) is 5.39. The lowest BCUT2D eigenvalue weighted by atomic mass is 10.2. The molecule has 5 heteroatoms. The van der Waals surface area contributed by atoms with E-state index in [4.69, 9.17) is 5.11 Å². The Kier molecular flexibility index (Phi) is 4.41. The van der Waals surface area contributed by atoms with Crippen molar-refractivity contribution in [2.75, 3.05) is 5.75 Å². The van der Waals surface area contributed by atoms with Gasteiger partial charge in [-0.2, -0.15) is 0 Å². The molecule has 0 radical (unpaired) electrons. The fourth-order valence-electron chi connectivity index (χ4n) is 1.69. The van der Waals surface area contributed by atoms with E-state index in [0.29, 0.717) is 5.75 Å². The highest BCUT2D eigenvalue weighted by Crippen LogP contribution is 2.31. The van der Waals surface area contributed by atoms with E-state index in [1.807, 2.05) is 20.8 Å². The summed E-state index contributed by atoms with van der Waals surface area (Å²) in [5, 5.41) is 9.04. The molecule has 0 aromatic carbocycles. The highest BCUT2D eigenvalue weighted by molar-refractivity contribution is 8.00. The number of allylic oxidation sites excluding steroid dienone is 1. The zero-order valence-corrected chi connectivity index (χ0v) is 10.6. The van der Waals surface area contributed by atoms with Crippen LogP contribution in [0.15, 0.2) is 11.6 Å². The second-order valence-corrected chi connectivity index (χ2v) is 5.23. The van der Waals surface area contributed by atoms with Gasteiger partial charge in [0, 0.05) is 11.8 Å². The fourth-order valence-corrected chi connectivity index (χ4v) is 3.04. The van der Waals surface area contributed by atoms with Crippen molar-refractivity contribution in [3.8, 4) is 0 Å². The van der Waals surface area contributed by atoms with Gasteiger partial charge in [0.2, 0.25) is 5.91 Å². The van der Waals surface area contributed by atoms with Crippen molar-refractivity contribution in [1.82, 2.24) is 4.90 Å². The smallest absolute Gasteiger partial charge is 0.327 e. The van der Waals surface area contributed by atoms with E-state index in [9.17, 15) is 9.59 Å². The summed E-state index contributed by atoms with van der Waals surface area (Å²) in [6.45, 7) is 5.63. The van der Waals surface area contributed by atoms with Crippen LogP contribution in [0.25, 0.3) is 0 Å². The van der Waals surface area contributed by atoms with Crippen LogP contribution in [0.4, 0.5) is 0 Å². The van der Waals surface area contributed by atoms with Crippen LogP contribution in [0, 0.1) is 0 Å². The first kappa shape index (κ1) is 13.1. The number of aliphatic carboxylic acids is 1. The highest BCUT2D eigenvalue weighted by Gasteiger charge is 2.39. The van der Waals surface area contributed by atoms with Gasteiger partial charge >= 0.3 is 5.97 Å². The van der Waals surface area contributed by atoms with Gasteiger partial charge in [0.15, 0.2) is 0 Å². The molecule has 2 unspecified atom stereocenters. The molecule has 2 atom stereocenters. The fraction of sp³-hybridized carbons (Fsp3) is 0.636. The minimum Gasteiger partial charge on any atom is -0.480 e.